The van der Waals surface area contributed by atoms with Gasteiger partial charge in [0.2, 0.25) is 0 Å². The molecule has 0 amide bonds. The number of ether oxygens (including phenoxy) is 3. The molecule has 1 heterocycles. The quantitative estimate of drug-likeness (QED) is 0.662. The fourth-order valence-corrected chi connectivity index (χ4v) is 7.34. The van der Waals surface area contributed by atoms with Crippen molar-refractivity contribution in [3.05, 3.63) is 35.9 Å². The van der Waals surface area contributed by atoms with Gasteiger partial charge in [0.1, 0.15) is 6.29 Å². The summed E-state index contributed by atoms with van der Waals surface area (Å²) in [5.41, 5.74) is 1.04. The van der Waals surface area contributed by atoms with E-state index in [1.165, 1.54) is 11.8 Å². The summed E-state index contributed by atoms with van der Waals surface area (Å²) in [5.74, 6) is 0.343. The molecule has 1 aromatic carbocycles. The first-order chi connectivity index (χ1) is 14.0. The summed E-state index contributed by atoms with van der Waals surface area (Å²) in [6.07, 6.45) is 9.81. The molecule has 4 heteroatoms. The average molecular weight is 399 g/mol. The molecule has 0 unspecified atom stereocenters. The monoisotopic (exact) mass is 398 g/mol. The van der Waals surface area contributed by atoms with Crippen LogP contribution >= 0.6 is 0 Å². The van der Waals surface area contributed by atoms with Crippen LogP contribution in [-0.4, -0.2) is 31.4 Å². The largest absolute Gasteiger partial charge is 0.374 e. The Bertz CT molecular complexity index is 750. The predicted molar refractivity (Wildman–Crippen MR) is 110 cm³/mol. The third-order valence-electron chi connectivity index (χ3n) is 8.83. The van der Waals surface area contributed by atoms with Crippen molar-refractivity contribution in [2.24, 2.45) is 22.7 Å². The van der Waals surface area contributed by atoms with E-state index in [1.54, 1.807) is 7.11 Å². The molecule has 3 saturated carbocycles. The molecule has 3 aliphatic carbocycles. The van der Waals surface area contributed by atoms with Crippen molar-refractivity contribution in [1.29, 1.82) is 0 Å². The highest BCUT2D eigenvalue weighted by Crippen LogP contribution is 2.67. The van der Waals surface area contributed by atoms with Crippen molar-refractivity contribution in [3.63, 3.8) is 0 Å². The van der Waals surface area contributed by atoms with Crippen LogP contribution < -0.4 is 0 Å². The molecule has 4 nitrogen and oxygen atoms in total. The Hall–Kier alpha value is -1.23. The van der Waals surface area contributed by atoms with Crippen molar-refractivity contribution in [3.8, 4) is 0 Å². The Morgan fingerprint density at radius 2 is 2.00 bits per heavy atom. The van der Waals surface area contributed by atoms with Crippen LogP contribution in [-0.2, 0) is 25.6 Å². The first-order valence-corrected chi connectivity index (χ1v) is 11.4. The van der Waals surface area contributed by atoms with Gasteiger partial charge in [-0.05, 0) is 56.4 Å². The summed E-state index contributed by atoms with van der Waals surface area (Å²) in [4.78, 5) is 12.5. The summed E-state index contributed by atoms with van der Waals surface area (Å²) < 4.78 is 18.9. The highest BCUT2D eigenvalue weighted by Gasteiger charge is 2.68. The first kappa shape index (κ1) is 19.7. The van der Waals surface area contributed by atoms with E-state index >= 15 is 0 Å². The van der Waals surface area contributed by atoms with Crippen LogP contribution in [0.4, 0.5) is 0 Å². The number of carbonyl (C=O) groups is 1. The van der Waals surface area contributed by atoms with Gasteiger partial charge in [-0.3, -0.25) is 0 Å². The van der Waals surface area contributed by atoms with Crippen molar-refractivity contribution in [2.75, 3.05) is 7.11 Å². The molecule has 1 aliphatic heterocycles. The highest BCUT2D eigenvalue weighted by atomic mass is 16.7. The lowest BCUT2D eigenvalue weighted by atomic mass is 9.50. The van der Waals surface area contributed by atoms with Gasteiger partial charge in [0.25, 0.3) is 0 Å². The van der Waals surface area contributed by atoms with Crippen LogP contribution in [0.15, 0.2) is 30.3 Å². The molecule has 7 atom stereocenters. The summed E-state index contributed by atoms with van der Waals surface area (Å²) in [6.45, 7) is 3.02. The van der Waals surface area contributed by atoms with Gasteiger partial charge in [-0.25, -0.2) is 0 Å². The standard InChI is InChI=1S/C25H34O4/c1-23-16-24(17-26)12-10-20(28-15-18-7-4-3-5-8-18)13-19(24)14-22(23)29-25(27-2)11-6-9-21(23)25/h3-5,7-8,17,19-22H,6,9-16H2,1-2H3/t19-,20+,21-,22-,23-,24-,25-/m1/s1. The third kappa shape index (κ3) is 3.02. The Balaban J connectivity index is 1.33. The van der Waals surface area contributed by atoms with Crippen molar-refractivity contribution < 1.29 is 19.0 Å². The van der Waals surface area contributed by atoms with Gasteiger partial charge in [-0.1, -0.05) is 37.3 Å². The van der Waals surface area contributed by atoms with Crippen molar-refractivity contribution in [1.82, 2.24) is 0 Å². The van der Waals surface area contributed by atoms with Gasteiger partial charge in [0.15, 0.2) is 5.79 Å². The van der Waals surface area contributed by atoms with Gasteiger partial charge in [-0.2, -0.15) is 0 Å². The third-order valence-corrected chi connectivity index (χ3v) is 8.83. The van der Waals surface area contributed by atoms with E-state index in [9.17, 15) is 4.79 Å². The lowest BCUT2D eigenvalue weighted by molar-refractivity contribution is -0.226. The number of carbonyl (C=O) groups excluding carboxylic acids is 1. The maximum absolute atomic E-state index is 12.5. The molecule has 158 valence electrons. The molecule has 4 aliphatic rings. The topological polar surface area (TPSA) is 44.8 Å². The minimum absolute atomic E-state index is 0.0433. The molecule has 0 bridgehead atoms. The van der Waals surface area contributed by atoms with Crippen LogP contribution in [0, 0.1) is 22.7 Å². The molecule has 4 fully saturated rings. The molecule has 0 N–H and O–H groups in total. The van der Waals surface area contributed by atoms with Crippen LogP contribution in [0.5, 0.6) is 0 Å². The molecule has 5 rings (SSSR count). The molecule has 0 aromatic heterocycles. The summed E-state index contributed by atoms with van der Waals surface area (Å²) in [6, 6.07) is 10.4. The molecule has 1 aromatic rings. The van der Waals surface area contributed by atoms with Gasteiger partial charge >= 0.3 is 0 Å². The number of aldehydes is 1. The zero-order chi connectivity index (χ0) is 20.1. The number of hydrogen-bond acceptors (Lipinski definition) is 4. The number of hydrogen-bond donors (Lipinski definition) is 0. The van der Waals surface area contributed by atoms with Crippen molar-refractivity contribution in [2.45, 2.75) is 82.9 Å². The predicted octanol–water partition coefficient (Wildman–Crippen LogP) is 4.90. The zero-order valence-corrected chi connectivity index (χ0v) is 17.8. The lowest BCUT2D eigenvalue weighted by Gasteiger charge is -2.54. The number of fused-ring (bicyclic) bond motifs is 4. The molecule has 1 saturated heterocycles. The number of benzene rings is 1. The number of methoxy groups -OCH3 is 1. The summed E-state index contributed by atoms with van der Waals surface area (Å²) in [5, 5.41) is 0. The maximum Gasteiger partial charge on any atom is 0.171 e. The lowest BCUT2D eigenvalue weighted by Crippen LogP contribution is -2.53. The van der Waals surface area contributed by atoms with Crippen molar-refractivity contribution >= 4 is 6.29 Å². The highest BCUT2D eigenvalue weighted by molar-refractivity contribution is 5.61. The average Bonchev–Trinajstić information content (AvgIpc) is 3.27. The Labute approximate surface area is 174 Å². The normalized spacial score (nSPS) is 46.0. The summed E-state index contributed by atoms with van der Waals surface area (Å²) >= 11 is 0. The van der Waals surface area contributed by atoms with Crippen LogP contribution in [0.3, 0.4) is 0 Å². The minimum Gasteiger partial charge on any atom is -0.374 e. The van der Waals surface area contributed by atoms with E-state index in [2.05, 4.69) is 31.2 Å². The number of rotatable bonds is 5. The second kappa shape index (κ2) is 7.18. The van der Waals surface area contributed by atoms with E-state index in [-0.39, 0.29) is 23.0 Å². The van der Waals surface area contributed by atoms with Crippen LogP contribution in [0.2, 0.25) is 0 Å². The molecule has 29 heavy (non-hydrogen) atoms. The molecular formula is C25H34O4. The van der Waals surface area contributed by atoms with E-state index in [4.69, 9.17) is 14.2 Å². The molecular weight excluding hydrogens is 364 g/mol. The first-order valence-electron chi connectivity index (χ1n) is 11.4. The SMILES string of the molecule is CO[C@@]12CCC[C@@H]1[C@@]1(C)C[C@@]3(C=O)CC[C@H](OCc4ccccc4)C[C@@H]3C[C@H]1O2. The molecule has 0 spiro atoms. The van der Waals surface area contributed by atoms with Gasteiger partial charge in [0, 0.05) is 30.3 Å². The Morgan fingerprint density at radius 3 is 2.76 bits per heavy atom. The van der Waals surface area contributed by atoms with Crippen LogP contribution in [0.1, 0.15) is 63.9 Å². The molecule has 0 radical (unpaired) electrons. The second-order valence-corrected chi connectivity index (χ2v) is 10.2. The van der Waals surface area contributed by atoms with Gasteiger partial charge < -0.3 is 19.0 Å². The van der Waals surface area contributed by atoms with Gasteiger partial charge in [0.05, 0.1) is 18.8 Å². The minimum atomic E-state index is -0.416. The second-order valence-electron chi connectivity index (χ2n) is 10.2. The van der Waals surface area contributed by atoms with E-state index < -0.39 is 5.79 Å². The smallest absolute Gasteiger partial charge is 0.171 e. The summed E-state index contributed by atoms with van der Waals surface area (Å²) in [7, 11) is 1.80. The fourth-order valence-electron chi connectivity index (χ4n) is 7.34. The van der Waals surface area contributed by atoms with Gasteiger partial charge in [-0.15, -0.1) is 0 Å². The van der Waals surface area contributed by atoms with Crippen LogP contribution in [0.25, 0.3) is 0 Å². The fraction of sp³-hybridized carbons (Fsp3) is 0.720. The van der Waals surface area contributed by atoms with E-state index in [0.717, 1.165) is 51.4 Å². The Kier molecular flexibility index (Phi) is 4.88. The van der Waals surface area contributed by atoms with E-state index in [1.807, 2.05) is 6.07 Å². The van der Waals surface area contributed by atoms with E-state index in [0.29, 0.717) is 18.4 Å². The maximum atomic E-state index is 12.5. The zero-order valence-electron chi connectivity index (χ0n) is 17.8. The Morgan fingerprint density at radius 1 is 1.17 bits per heavy atom.